The molecule has 0 aliphatic rings. The molecule has 1 heterocycles. The van der Waals surface area contributed by atoms with Gasteiger partial charge in [-0.05, 0) is 41.1 Å². The zero-order valence-electron chi connectivity index (χ0n) is 15.0. The number of methoxy groups -OCH3 is 3. The maximum absolute atomic E-state index is 9.43. The summed E-state index contributed by atoms with van der Waals surface area (Å²) in [6.07, 6.45) is 1.60. The van der Waals surface area contributed by atoms with Gasteiger partial charge in [0.05, 0.1) is 27.0 Å². The lowest BCUT2D eigenvalue weighted by molar-refractivity contribution is 0.184. The third-order valence-corrected chi connectivity index (χ3v) is 4.20. The molecule has 1 N–H and O–H groups in total. The normalized spacial score (nSPS) is 10.6. The summed E-state index contributed by atoms with van der Waals surface area (Å²) in [5.74, 6) is 1.58. The summed E-state index contributed by atoms with van der Waals surface area (Å²) in [7, 11) is 4.72. The molecule has 0 atom stereocenters. The van der Waals surface area contributed by atoms with E-state index < -0.39 is 0 Å². The van der Waals surface area contributed by atoms with Gasteiger partial charge in [-0.25, -0.2) is 4.98 Å². The van der Waals surface area contributed by atoms with Crippen LogP contribution in [0.25, 0.3) is 0 Å². The summed E-state index contributed by atoms with van der Waals surface area (Å²) in [5, 5.41) is 13.6. The van der Waals surface area contributed by atoms with Crippen LogP contribution in [-0.4, -0.2) is 32.5 Å². The minimum Gasteiger partial charge on any atom is -0.493 e. The van der Waals surface area contributed by atoms with Gasteiger partial charge in [-0.2, -0.15) is 10.4 Å². The van der Waals surface area contributed by atoms with Gasteiger partial charge in [0.1, 0.15) is 11.6 Å². The minimum atomic E-state index is 0.325. The highest BCUT2D eigenvalue weighted by molar-refractivity contribution is 9.10. The quantitative estimate of drug-likeness (QED) is 0.545. The average Bonchev–Trinajstić information content (AvgIpc) is 2.62. The molecule has 0 spiro atoms. The third kappa shape index (κ3) is 4.50. The highest BCUT2D eigenvalue weighted by Crippen LogP contribution is 2.32. The van der Waals surface area contributed by atoms with Gasteiger partial charge in [-0.15, -0.1) is 0 Å². The SMILES string of the molecule is COCc1cc(C)nc(NN=Cc2cc(OC)c(OC)cc2Br)c1C#N. The fourth-order valence-electron chi connectivity index (χ4n) is 2.35. The summed E-state index contributed by atoms with van der Waals surface area (Å²) in [6, 6.07) is 7.55. The van der Waals surface area contributed by atoms with Crippen LogP contribution < -0.4 is 14.9 Å². The molecule has 0 amide bonds. The molecular formula is C18H19BrN4O3. The number of aromatic nitrogens is 1. The second-order valence-corrected chi connectivity index (χ2v) is 6.14. The molecule has 2 rings (SSSR count). The molecule has 2 aromatic rings. The Balaban J connectivity index is 2.30. The van der Waals surface area contributed by atoms with Crippen molar-refractivity contribution in [2.24, 2.45) is 5.10 Å². The lowest BCUT2D eigenvalue weighted by Gasteiger charge is -2.10. The number of benzene rings is 1. The number of nitrogens with zero attached hydrogens (tertiary/aromatic N) is 3. The minimum absolute atomic E-state index is 0.325. The van der Waals surface area contributed by atoms with Crippen LogP contribution in [-0.2, 0) is 11.3 Å². The van der Waals surface area contributed by atoms with Crippen LogP contribution >= 0.6 is 15.9 Å². The van der Waals surface area contributed by atoms with Crippen LogP contribution in [0.15, 0.2) is 27.8 Å². The van der Waals surface area contributed by atoms with Crippen molar-refractivity contribution in [3.05, 3.63) is 45.1 Å². The second-order valence-electron chi connectivity index (χ2n) is 5.29. The van der Waals surface area contributed by atoms with E-state index in [4.69, 9.17) is 14.2 Å². The maximum Gasteiger partial charge on any atom is 0.164 e. The molecule has 26 heavy (non-hydrogen) atoms. The Kier molecular flexibility index (Phi) is 6.95. The van der Waals surface area contributed by atoms with Crippen LogP contribution in [0.1, 0.15) is 22.4 Å². The Morgan fingerprint density at radius 2 is 1.92 bits per heavy atom. The molecule has 136 valence electrons. The molecule has 0 aliphatic carbocycles. The van der Waals surface area contributed by atoms with E-state index in [0.717, 1.165) is 21.3 Å². The number of pyridine rings is 1. The lowest BCUT2D eigenvalue weighted by atomic mass is 10.1. The third-order valence-electron chi connectivity index (χ3n) is 3.52. The average molecular weight is 419 g/mol. The van der Waals surface area contributed by atoms with Crippen molar-refractivity contribution in [2.75, 3.05) is 26.8 Å². The van der Waals surface area contributed by atoms with Gasteiger partial charge in [-0.1, -0.05) is 0 Å². The number of hydrogen-bond donors (Lipinski definition) is 1. The number of aryl methyl sites for hydroxylation is 1. The van der Waals surface area contributed by atoms with Crippen molar-refractivity contribution in [3.63, 3.8) is 0 Å². The molecule has 0 aliphatic heterocycles. The van der Waals surface area contributed by atoms with E-state index in [0.29, 0.717) is 29.5 Å². The van der Waals surface area contributed by atoms with Gasteiger partial charge in [0.25, 0.3) is 0 Å². The Labute approximate surface area is 160 Å². The van der Waals surface area contributed by atoms with Gasteiger partial charge in [-0.3, -0.25) is 5.43 Å². The topological polar surface area (TPSA) is 88.8 Å². The van der Waals surface area contributed by atoms with Crippen LogP contribution in [0.4, 0.5) is 5.82 Å². The van der Waals surface area contributed by atoms with Crippen LogP contribution in [0.5, 0.6) is 11.5 Å². The molecule has 0 saturated heterocycles. The molecule has 7 nitrogen and oxygen atoms in total. The van der Waals surface area contributed by atoms with Gasteiger partial charge in [0, 0.05) is 28.4 Å². The fourth-order valence-corrected chi connectivity index (χ4v) is 2.77. The zero-order chi connectivity index (χ0) is 19.1. The maximum atomic E-state index is 9.43. The number of anilines is 1. The summed E-state index contributed by atoms with van der Waals surface area (Å²) in [4.78, 5) is 4.34. The monoisotopic (exact) mass is 418 g/mol. The molecule has 8 heteroatoms. The number of hydrogen-bond acceptors (Lipinski definition) is 7. The highest BCUT2D eigenvalue weighted by Gasteiger charge is 2.11. The van der Waals surface area contributed by atoms with E-state index >= 15 is 0 Å². The Morgan fingerprint density at radius 3 is 2.54 bits per heavy atom. The largest absolute Gasteiger partial charge is 0.493 e. The Hall–Kier alpha value is -2.63. The lowest BCUT2D eigenvalue weighted by Crippen LogP contribution is -2.03. The summed E-state index contributed by atoms with van der Waals surface area (Å²) < 4.78 is 16.5. The summed E-state index contributed by atoms with van der Waals surface area (Å²) in [6.45, 7) is 2.17. The number of halogens is 1. The molecule has 1 aromatic heterocycles. The van der Waals surface area contributed by atoms with E-state index in [9.17, 15) is 5.26 Å². The summed E-state index contributed by atoms with van der Waals surface area (Å²) in [5.41, 5.74) is 5.53. The molecule has 0 saturated carbocycles. The van der Waals surface area contributed by atoms with Crippen molar-refractivity contribution in [1.29, 1.82) is 5.26 Å². The van der Waals surface area contributed by atoms with E-state index in [1.807, 2.05) is 13.0 Å². The summed E-state index contributed by atoms with van der Waals surface area (Å²) >= 11 is 3.47. The van der Waals surface area contributed by atoms with Crippen molar-refractivity contribution >= 4 is 28.0 Å². The Bertz CT molecular complexity index is 862. The van der Waals surface area contributed by atoms with E-state index in [1.54, 1.807) is 39.7 Å². The number of rotatable bonds is 7. The van der Waals surface area contributed by atoms with Crippen LogP contribution in [0.2, 0.25) is 0 Å². The molecule has 0 fully saturated rings. The molecule has 0 bridgehead atoms. The van der Waals surface area contributed by atoms with Crippen molar-refractivity contribution in [2.45, 2.75) is 13.5 Å². The van der Waals surface area contributed by atoms with Crippen molar-refractivity contribution in [3.8, 4) is 17.6 Å². The van der Waals surface area contributed by atoms with Crippen molar-refractivity contribution in [1.82, 2.24) is 4.98 Å². The number of nitrogens with one attached hydrogen (secondary N) is 1. The van der Waals surface area contributed by atoms with Gasteiger partial charge >= 0.3 is 0 Å². The molecule has 0 unspecified atom stereocenters. The number of hydrazone groups is 1. The molecule has 0 radical (unpaired) electrons. The second kappa shape index (κ2) is 9.17. The zero-order valence-corrected chi connectivity index (χ0v) is 16.5. The van der Waals surface area contributed by atoms with E-state index in [2.05, 4.69) is 37.5 Å². The first-order valence-electron chi connectivity index (χ1n) is 7.64. The predicted molar refractivity (Wildman–Crippen MR) is 103 cm³/mol. The van der Waals surface area contributed by atoms with E-state index in [1.165, 1.54) is 0 Å². The predicted octanol–water partition coefficient (Wildman–Crippen LogP) is 3.63. The number of ether oxygens (including phenoxy) is 3. The van der Waals surface area contributed by atoms with Crippen molar-refractivity contribution < 1.29 is 14.2 Å². The number of nitriles is 1. The van der Waals surface area contributed by atoms with Gasteiger partial charge in [0.2, 0.25) is 0 Å². The fraction of sp³-hybridized carbons (Fsp3) is 0.278. The Morgan fingerprint density at radius 1 is 1.23 bits per heavy atom. The van der Waals surface area contributed by atoms with E-state index in [-0.39, 0.29) is 0 Å². The first-order valence-corrected chi connectivity index (χ1v) is 8.43. The first-order chi connectivity index (χ1) is 12.5. The first kappa shape index (κ1) is 19.7. The smallest absolute Gasteiger partial charge is 0.164 e. The highest BCUT2D eigenvalue weighted by atomic mass is 79.9. The molecular weight excluding hydrogens is 400 g/mol. The van der Waals surface area contributed by atoms with Gasteiger partial charge in [0.15, 0.2) is 17.3 Å². The standard InChI is InChI=1S/C18H19BrN4O3/c1-11-5-13(10-24-2)14(8-20)18(22-11)23-21-9-12-6-16(25-3)17(26-4)7-15(12)19/h5-7,9H,10H2,1-4H3,(H,22,23). The van der Waals surface area contributed by atoms with Crippen LogP contribution in [0, 0.1) is 18.3 Å². The van der Waals surface area contributed by atoms with Gasteiger partial charge < -0.3 is 14.2 Å². The van der Waals surface area contributed by atoms with Crippen LogP contribution in [0.3, 0.4) is 0 Å². The molecule has 1 aromatic carbocycles.